The molecule has 0 aromatic heterocycles. The van der Waals surface area contributed by atoms with Crippen molar-refractivity contribution in [3.05, 3.63) is 0 Å². The maximum atomic E-state index is 10.8. The molecule has 0 amide bonds. The average molecular weight is 197 g/mol. The molecule has 0 radical (unpaired) electrons. The van der Waals surface area contributed by atoms with Crippen molar-refractivity contribution in [1.29, 1.82) is 5.26 Å². The molecule has 0 bridgehead atoms. The number of halogens is 1. The van der Waals surface area contributed by atoms with Crippen LogP contribution in [0, 0.1) is 11.3 Å². The summed E-state index contributed by atoms with van der Waals surface area (Å²) in [6, 6.07) is 1.68. The summed E-state index contributed by atoms with van der Waals surface area (Å²) in [4.78, 5) is 0. The third kappa shape index (κ3) is 6.10. The van der Waals surface area contributed by atoms with Crippen molar-refractivity contribution in [2.75, 3.05) is 18.2 Å². The highest BCUT2D eigenvalue weighted by Gasteiger charge is 2.07. The molecule has 0 saturated carbocycles. The first-order valence-electron chi connectivity index (χ1n) is 3.02. The highest BCUT2D eigenvalue weighted by Crippen LogP contribution is 1.90. The molecule has 1 N–H and O–H groups in total. The molecule has 0 spiro atoms. The molecule has 0 atom stereocenters. The van der Waals surface area contributed by atoms with Gasteiger partial charge in [-0.1, -0.05) is 0 Å². The minimum absolute atomic E-state index is 0.0157. The van der Waals surface area contributed by atoms with E-state index in [1.807, 2.05) is 0 Å². The lowest BCUT2D eigenvalue weighted by Gasteiger charge is -1.99. The van der Waals surface area contributed by atoms with Gasteiger partial charge in [0.1, 0.15) is 0 Å². The van der Waals surface area contributed by atoms with Gasteiger partial charge in [0.25, 0.3) is 0 Å². The van der Waals surface area contributed by atoms with Gasteiger partial charge in [0, 0.05) is 5.88 Å². The van der Waals surface area contributed by atoms with E-state index in [2.05, 4.69) is 4.72 Å². The quantitative estimate of drug-likeness (QED) is 0.499. The van der Waals surface area contributed by atoms with E-state index in [4.69, 9.17) is 16.9 Å². The third-order valence-electron chi connectivity index (χ3n) is 0.918. The van der Waals surface area contributed by atoms with Crippen LogP contribution in [0.15, 0.2) is 0 Å². The number of nitriles is 1. The molecule has 4 nitrogen and oxygen atoms in total. The van der Waals surface area contributed by atoms with E-state index < -0.39 is 10.0 Å². The number of hydrogen-bond donors (Lipinski definition) is 1. The summed E-state index contributed by atoms with van der Waals surface area (Å²) < 4.78 is 23.8. The normalized spacial score (nSPS) is 10.9. The monoisotopic (exact) mass is 196 g/mol. The highest BCUT2D eigenvalue weighted by atomic mass is 35.5. The van der Waals surface area contributed by atoms with Gasteiger partial charge >= 0.3 is 0 Å². The standard InChI is InChI=1S/C5H9ClN2O2S/c6-2-1-5-11(9,10)8-4-3-7/h8H,1-2,4-5H2. The van der Waals surface area contributed by atoms with Crippen molar-refractivity contribution in [2.24, 2.45) is 0 Å². The highest BCUT2D eigenvalue weighted by molar-refractivity contribution is 7.89. The second kappa shape index (κ2) is 5.35. The second-order valence-corrected chi connectivity index (χ2v) is 4.15. The van der Waals surface area contributed by atoms with Gasteiger partial charge in [-0.2, -0.15) is 5.26 Å². The largest absolute Gasteiger partial charge is 0.212 e. The lowest BCUT2D eigenvalue weighted by atomic mass is 10.6. The fourth-order valence-corrected chi connectivity index (χ4v) is 1.70. The molecule has 6 heteroatoms. The summed E-state index contributed by atoms with van der Waals surface area (Å²) in [7, 11) is -3.26. The lowest BCUT2D eigenvalue weighted by molar-refractivity contribution is 0.584. The van der Waals surface area contributed by atoms with Crippen molar-refractivity contribution in [1.82, 2.24) is 4.72 Å². The number of hydrogen-bond acceptors (Lipinski definition) is 3. The number of alkyl halides is 1. The molecular weight excluding hydrogens is 188 g/mol. The number of sulfonamides is 1. The molecular formula is C5H9ClN2O2S. The summed E-state index contributed by atoms with van der Waals surface area (Å²) in [6.07, 6.45) is 0.405. The van der Waals surface area contributed by atoms with Gasteiger partial charge in [-0.3, -0.25) is 0 Å². The van der Waals surface area contributed by atoms with Crippen LogP contribution in [0.1, 0.15) is 6.42 Å². The molecule has 64 valence electrons. The summed E-state index contributed by atoms with van der Waals surface area (Å²) in [5.41, 5.74) is 0. The van der Waals surface area contributed by atoms with Crippen LogP contribution in [0.4, 0.5) is 0 Å². The molecule has 0 aliphatic rings. The van der Waals surface area contributed by atoms with Gasteiger partial charge in [-0.15, -0.1) is 11.6 Å². The fourth-order valence-electron chi connectivity index (χ4n) is 0.459. The molecule has 0 aromatic rings. The summed E-state index contributed by atoms with van der Waals surface area (Å²) in [5.74, 6) is 0.297. The van der Waals surface area contributed by atoms with Crippen molar-refractivity contribution in [3.63, 3.8) is 0 Å². The first-order chi connectivity index (χ1) is 5.12. The van der Waals surface area contributed by atoms with Crippen LogP contribution in [-0.4, -0.2) is 26.6 Å². The predicted molar refractivity (Wildman–Crippen MR) is 42.7 cm³/mol. The molecule has 0 aliphatic heterocycles. The van der Waals surface area contributed by atoms with E-state index >= 15 is 0 Å². The molecule has 0 rings (SSSR count). The minimum atomic E-state index is -3.26. The Balaban J connectivity index is 3.74. The minimum Gasteiger partial charge on any atom is -0.212 e. The zero-order chi connectivity index (χ0) is 8.74. The zero-order valence-corrected chi connectivity index (χ0v) is 7.45. The Kier molecular flexibility index (Phi) is 5.20. The topological polar surface area (TPSA) is 70.0 Å². The molecule has 0 unspecified atom stereocenters. The van der Waals surface area contributed by atoms with E-state index in [-0.39, 0.29) is 12.3 Å². The van der Waals surface area contributed by atoms with Crippen LogP contribution in [0.25, 0.3) is 0 Å². The van der Waals surface area contributed by atoms with Crippen molar-refractivity contribution < 1.29 is 8.42 Å². The Labute approximate surface area is 71.2 Å². The average Bonchev–Trinajstić information content (AvgIpc) is 1.97. The van der Waals surface area contributed by atoms with Crippen molar-refractivity contribution >= 4 is 21.6 Å². The molecule has 0 saturated heterocycles. The number of rotatable bonds is 5. The summed E-state index contributed by atoms with van der Waals surface area (Å²) >= 11 is 5.28. The van der Waals surface area contributed by atoms with Gasteiger partial charge in [0.05, 0.1) is 18.4 Å². The predicted octanol–water partition coefficient (Wildman–Crippen LogP) is 0.0583. The Morgan fingerprint density at radius 1 is 1.55 bits per heavy atom. The van der Waals surface area contributed by atoms with Crippen molar-refractivity contribution in [3.8, 4) is 6.07 Å². The summed E-state index contributed by atoms with van der Waals surface area (Å²) in [5, 5.41) is 8.05. The van der Waals surface area contributed by atoms with Crippen LogP contribution in [0.3, 0.4) is 0 Å². The summed E-state index contributed by atoms with van der Waals surface area (Å²) in [6.45, 7) is -0.176. The van der Waals surface area contributed by atoms with Gasteiger partial charge < -0.3 is 0 Å². The van der Waals surface area contributed by atoms with E-state index in [9.17, 15) is 8.42 Å². The van der Waals surface area contributed by atoms with E-state index in [1.165, 1.54) is 0 Å². The van der Waals surface area contributed by atoms with Gasteiger partial charge in [-0.25, -0.2) is 13.1 Å². The van der Waals surface area contributed by atoms with E-state index in [1.54, 1.807) is 6.07 Å². The molecule has 0 aromatic carbocycles. The van der Waals surface area contributed by atoms with Crippen LogP contribution < -0.4 is 4.72 Å². The maximum Gasteiger partial charge on any atom is 0.212 e. The fraction of sp³-hybridized carbons (Fsp3) is 0.800. The SMILES string of the molecule is N#CCNS(=O)(=O)CCCCl. The first kappa shape index (κ1) is 10.7. The van der Waals surface area contributed by atoms with Crippen molar-refractivity contribution in [2.45, 2.75) is 6.42 Å². The molecule has 11 heavy (non-hydrogen) atoms. The smallest absolute Gasteiger partial charge is 0.212 e. The van der Waals surface area contributed by atoms with E-state index in [0.29, 0.717) is 12.3 Å². The van der Waals surface area contributed by atoms with Crippen LogP contribution in [0.5, 0.6) is 0 Å². The Morgan fingerprint density at radius 2 is 2.18 bits per heavy atom. The Hall–Kier alpha value is -0.310. The molecule has 0 heterocycles. The van der Waals surface area contributed by atoms with Gasteiger partial charge in [-0.05, 0) is 6.42 Å². The Morgan fingerprint density at radius 3 is 2.64 bits per heavy atom. The molecule has 0 fully saturated rings. The number of nitrogens with zero attached hydrogens (tertiary/aromatic N) is 1. The van der Waals surface area contributed by atoms with Crippen LogP contribution in [0.2, 0.25) is 0 Å². The maximum absolute atomic E-state index is 10.8. The van der Waals surface area contributed by atoms with Crippen LogP contribution in [-0.2, 0) is 10.0 Å². The third-order valence-corrected chi connectivity index (χ3v) is 2.60. The molecule has 0 aliphatic carbocycles. The lowest BCUT2D eigenvalue weighted by Crippen LogP contribution is -2.26. The van der Waals surface area contributed by atoms with Crippen LogP contribution >= 0.6 is 11.6 Å². The zero-order valence-electron chi connectivity index (χ0n) is 5.88. The number of nitrogens with one attached hydrogen (secondary N) is 1. The second-order valence-electron chi connectivity index (χ2n) is 1.84. The van der Waals surface area contributed by atoms with Gasteiger partial charge in [0.15, 0.2) is 0 Å². The van der Waals surface area contributed by atoms with E-state index in [0.717, 1.165) is 0 Å². The first-order valence-corrected chi connectivity index (χ1v) is 5.21. The Bertz CT molecular complexity index is 231. The van der Waals surface area contributed by atoms with Gasteiger partial charge in [0.2, 0.25) is 10.0 Å².